The van der Waals surface area contributed by atoms with Crippen LogP contribution in [0.25, 0.3) is 11.5 Å². The molecule has 0 unspecified atom stereocenters. The normalized spacial score (nSPS) is 10.6. The number of carbonyl (C=O) groups is 1. The van der Waals surface area contributed by atoms with Gasteiger partial charge in [0.15, 0.2) is 6.61 Å². The molecule has 0 saturated carbocycles. The summed E-state index contributed by atoms with van der Waals surface area (Å²) in [5.74, 6) is 0.226. The largest absolute Gasteiger partial charge is 0.482 e. The smallest absolute Gasteiger partial charge is 0.322 e. The molecular formula is C18H15Cl2N3O3. The highest BCUT2D eigenvalue weighted by Crippen LogP contribution is 2.27. The molecule has 1 N–H and O–H groups in total. The predicted octanol–water partition coefficient (Wildman–Crippen LogP) is 4.68. The summed E-state index contributed by atoms with van der Waals surface area (Å²) in [7, 11) is 0. The average molecular weight is 392 g/mol. The van der Waals surface area contributed by atoms with Crippen LogP contribution in [0.4, 0.5) is 6.01 Å². The Hall–Kier alpha value is -2.57. The maximum atomic E-state index is 12.0. The molecule has 0 atom stereocenters. The molecule has 134 valence electrons. The zero-order valence-corrected chi connectivity index (χ0v) is 15.6. The number of nitrogens with zero attached hydrogens (tertiary/aromatic N) is 2. The summed E-state index contributed by atoms with van der Waals surface area (Å²) in [6.07, 6.45) is 0. The lowest BCUT2D eigenvalue weighted by molar-refractivity contribution is -0.118. The van der Waals surface area contributed by atoms with Gasteiger partial charge in [-0.25, -0.2) is 0 Å². The van der Waals surface area contributed by atoms with E-state index >= 15 is 0 Å². The van der Waals surface area contributed by atoms with Crippen LogP contribution in [0.5, 0.6) is 5.75 Å². The highest BCUT2D eigenvalue weighted by Gasteiger charge is 2.13. The quantitative estimate of drug-likeness (QED) is 0.682. The van der Waals surface area contributed by atoms with E-state index in [0.29, 0.717) is 21.7 Å². The van der Waals surface area contributed by atoms with Gasteiger partial charge in [0.1, 0.15) is 5.75 Å². The first-order valence-corrected chi connectivity index (χ1v) is 8.47. The Morgan fingerprint density at radius 1 is 1.12 bits per heavy atom. The average Bonchev–Trinajstić information content (AvgIpc) is 3.05. The molecule has 1 heterocycles. The molecule has 3 aromatic rings. The minimum atomic E-state index is -0.452. The molecule has 26 heavy (non-hydrogen) atoms. The Bertz CT molecular complexity index is 957. The van der Waals surface area contributed by atoms with E-state index in [1.165, 1.54) is 11.6 Å². The third-order valence-electron chi connectivity index (χ3n) is 3.68. The minimum Gasteiger partial charge on any atom is -0.482 e. The number of anilines is 1. The van der Waals surface area contributed by atoms with Crippen LogP contribution in [0, 0.1) is 13.8 Å². The van der Waals surface area contributed by atoms with Crippen molar-refractivity contribution >= 4 is 35.1 Å². The topological polar surface area (TPSA) is 77.2 Å². The van der Waals surface area contributed by atoms with E-state index in [4.69, 9.17) is 32.4 Å². The Kier molecular flexibility index (Phi) is 5.44. The lowest BCUT2D eigenvalue weighted by Crippen LogP contribution is -2.20. The van der Waals surface area contributed by atoms with Gasteiger partial charge in [-0.1, -0.05) is 34.4 Å². The fraction of sp³-hybridized carbons (Fsp3) is 0.167. The van der Waals surface area contributed by atoms with Crippen molar-refractivity contribution in [1.29, 1.82) is 0 Å². The zero-order chi connectivity index (χ0) is 18.7. The van der Waals surface area contributed by atoms with Crippen molar-refractivity contribution in [3.05, 3.63) is 57.6 Å². The van der Waals surface area contributed by atoms with Gasteiger partial charge >= 0.3 is 6.01 Å². The van der Waals surface area contributed by atoms with Crippen LogP contribution in [0.3, 0.4) is 0 Å². The summed E-state index contributed by atoms with van der Waals surface area (Å²) < 4.78 is 10.8. The number of halogens is 2. The van der Waals surface area contributed by atoms with Crippen LogP contribution in [-0.2, 0) is 4.79 Å². The van der Waals surface area contributed by atoms with Crippen LogP contribution in [-0.4, -0.2) is 22.7 Å². The summed E-state index contributed by atoms with van der Waals surface area (Å²) in [5.41, 5.74) is 3.06. The van der Waals surface area contributed by atoms with Crippen molar-refractivity contribution in [1.82, 2.24) is 10.2 Å². The number of hydrogen-bond donors (Lipinski definition) is 1. The fourth-order valence-electron chi connectivity index (χ4n) is 2.16. The highest BCUT2D eigenvalue weighted by molar-refractivity contribution is 6.35. The lowest BCUT2D eigenvalue weighted by atomic mass is 10.1. The molecule has 0 fully saturated rings. The molecule has 0 bridgehead atoms. The molecule has 6 nitrogen and oxygen atoms in total. The molecular weight excluding hydrogens is 377 g/mol. The molecule has 0 aliphatic rings. The van der Waals surface area contributed by atoms with Gasteiger partial charge in [0.25, 0.3) is 5.91 Å². The van der Waals surface area contributed by atoms with E-state index in [0.717, 1.165) is 11.1 Å². The number of aryl methyl sites for hydroxylation is 2. The van der Waals surface area contributed by atoms with E-state index in [1.54, 1.807) is 12.1 Å². The first kappa shape index (κ1) is 18.2. The third kappa shape index (κ3) is 4.33. The summed E-state index contributed by atoms with van der Waals surface area (Å²) in [4.78, 5) is 12.0. The van der Waals surface area contributed by atoms with Crippen LogP contribution >= 0.6 is 23.2 Å². The van der Waals surface area contributed by atoms with Crippen molar-refractivity contribution in [3.8, 4) is 17.2 Å². The van der Waals surface area contributed by atoms with Crippen LogP contribution in [0.15, 0.2) is 40.8 Å². The second-order valence-corrected chi connectivity index (χ2v) is 6.47. The van der Waals surface area contributed by atoms with Gasteiger partial charge in [-0.2, -0.15) is 0 Å². The minimum absolute atomic E-state index is 0.00553. The standard InChI is InChI=1S/C18H15Cl2N3O3/c1-10-3-4-12(7-11(10)2)17-22-23-18(26-17)21-16(24)9-25-15-6-5-13(19)8-14(15)20/h3-8H,9H2,1-2H3,(H,21,23,24). The van der Waals surface area contributed by atoms with Gasteiger partial charge in [-0.05, 0) is 55.3 Å². The molecule has 1 amide bonds. The molecule has 0 radical (unpaired) electrons. The summed E-state index contributed by atoms with van der Waals surface area (Å²) in [5, 5.41) is 11.1. The second-order valence-electron chi connectivity index (χ2n) is 5.62. The Morgan fingerprint density at radius 3 is 2.65 bits per heavy atom. The van der Waals surface area contributed by atoms with Gasteiger partial charge in [0.2, 0.25) is 5.89 Å². The number of amides is 1. The summed E-state index contributed by atoms with van der Waals surface area (Å²) >= 11 is 11.8. The Balaban J connectivity index is 1.61. The maximum absolute atomic E-state index is 12.0. The van der Waals surface area contributed by atoms with Crippen LogP contribution < -0.4 is 10.1 Å². The molecule has 2 aromatic carbocycles. The van der Waals surface area contributed by atoms with Gasteiger partial charge in [-0.15, -0.1) is 5.10 Å². The zero-order valence-electron chi connectivity index (χ0n) is 14.0. The number of rotatable bonds is 5. The van der Waals surface area contributed by atoms with E-state index in [9.17, 15) is 4.79 Å². The molecule has 0 aliphatic carbocycles. The van der Waals surface area contributed by atoms with E-state index in [-0.39, 0.29) is 12.6 Å². The summed E-state index contributed by atoms with van der Waals surface area (Å²) in [6.45, 7) is 3.76. The van der Waals surface area contributed by atoms with Crippen molar-refractivity contribution in [2.45, 2.75) is 13.8 Å². The molecule has 8 heteroatoms. The van der Waals surface area contributed by atoms with Crippen molar-refractivity contribution in [3.63, 3.8) is 0 Å². The molecule has 1 aromatic heterocycles. The van der Waals surface area contributed by atoms with Gasteiger partial charge in [0, 0.05) is 10.6 Å². The van der Waals surface area contributed by atoms with Crippen molar-refractivity contribution < 1.29 is 13.9 Å². The number of carbonyl (C=O) groups excluding carboxylic acids is 1. The summed E-state index contributed by atoms with van der Waals surface area (Å²) in [6, 6.07) is 10.5. The van der Waals surface area contributed by atoms with Crippen molar-refractivity contribution in [2.24, 2.45) is 0 Å². The first-order chi connectivity index (χ1) is 12.4. The number of ether oxygens (including phenoxy) is 1. The number of nitrogens with one attached hydrogen (secondary N) is 1. The van der Waals surface area contributed by atoms with Gasteiger partial charge in [-0.3, -0.25) is 10.1 Å². The van der Waals surface area contributed by atoms with Gasteiger partial charge < -0.3 is 9.15 Å². The molecule has 0 aliphatic heterocycles. The molecule has 0 spiro atoms. The fourth-order valence-corrected chi connectivity index (χ4v) is 2.62. The maximum Gasteiger partial charge on any atom is 0.322 e. The molecule has 3 rings (SSSR count). The number of hydrogen-bond acceptors (Lipinski definition) is 5. The second kappa shape index (κ2) is 7.76. The monoisotopic (exact) mass is 391 g/mol. The van der Waals surface area contributed by atoms with Crippen LogP contribution in [0.2, 0.25) is 10.0 Å². The Labute approximate surface area is 160 Å². The van der Waals surface area contributed by atoms with E-state index < -0.39 is 5.91 Å². The third-order valence-corrected chi connectivity index (χ3v) is 4.21. The van der Waals surface area contributed by atoms with Crippen molar-refractivity contribution in [2.75, 3.05) is 11.9 Å². The predicted molar refractivity (Wildman–Crippen MR) is 99.8 cm³/mol. The number of benzene rings is 2. The van der Waals surface area contributed by atoms with E-state index in [1.807, 2.05) is 32.0 Å². The van der Waals surface area contributed by atoms with Crippen LogP contribution in [0.1, 0.15) is 11.1 Å². The van der Waals surface area contributed by atoms with E-state index in [2.05, 4.69) is 15.5 Å². The van der Waals surface area contributed by atoms with Gasteiger partial charge in [0.05, 0.1) is 5.02 Å². The Morgan fingerprint density at radius 2 is 1.92 bits per heavy atom. The lowest BCUT2D eigenvalue weighted by Gasteiger charge is -2.07. The number of aromatic nitrogens is 2. The first-order valence-electron chi connectivity index (χ1n) is 7.71. The molecule has 0 saturated heterocycles. The SMILES string of the molecule is Cc1ccc(-c2nnc(NC(=O)COc3ccc(Cl)cc3Cl)o2)cc1C. The highest BCUT2D eigenvalue weighted by atomic mass is 35.5.